The summed E-state index contributed by atoms with van der Waals surface area (Å²) in [5.41, 5.74) is 10.6. The van der Waals surface area contributed by atoms with Crippen molar-refractivity contribution in [3.05, 3.63) is 0 Å². The minimum Gasteiger partial charge on any atom is -0.480 e. The third-order valence-corrected chi connectivity index (χ3v) is 4.71. The molecule has 11 nitrogen and oxygen atoms in total. The Labute approximate surface area is 168 Å². The number of amides is 4. The number of thiol groups is 1. The van der Waals surface area contributed by atoms with E-state index in [1.54, 1.807) is 0 Å². The summed E-state index contributed by atoms with van der Waals surface area (Å²) in [5, 5.41) is 13.9. The molecule has 0 aromatic carbocycles. The maximum atomic E-state index is 12.9. The Hall–Kier alpha value is -2.34. The maximum Gasteiger partial charge on any atom is 0.327 e. The molecular formula is C16H27N5O6S. The zero-order valence-corrected chi connectivity index (χ0v) is 16.5. The average molecular weight is 417 g/mol. The molecular weight excluding hydrogens is 390 g/mol. The second-order valence-electron chi connectivity index (χ2n) is 6.63. The van der Waals surface area contributed by atoms with Gasteiger partial charge in [-0.15, -0.1) is 0 Å². The van der Waals surface area contributed by atoms with Gasteiger partial charge in [-0.05, 0) is 26.2 Å². The first-order valence-corrected chi connectivity index (χ1v) is 9.50. The van der Waals surface area contributed by atoms with Gasteiger partial charge in [0.15, 0.2) is 0 Å². The Bertz CT molecular complexity index is 629. The van der Waals surface area contributed by atoms with Gasteiger partial charge >= 0.3 is 5.97 Å². The van der Waals surface area contributed by atoms with Crippen molar-refractivity contribution in [3.8, 4) is 0 Å². The molecule has 0 aromatic heterocycles. The van der Waals surface area contributed by atoms with Gasteiger partial charge in [0.05, 0.1) is 6.04 Å². The summed E-state index contributed by atoms with van der Waals surface area (Å²) in [4.78, 5) is 60.8. The topological polar surface area (TPSA) is 185 Å². The maximum absolute atomic E-state index is 12.9. The van der Waals surface area contributed by atoms with Gasteiger partial charge in [0.2, 0.25) is 23.6 Å². The summed E-state index contributed by atoms with van der Waals surface area (Å²) in [6.45, 7) is 1.71. The summed E-state index contributed by atoms with van der Waals surface area (Å²) in [6, 6.07) is -4.00. The number of carbonyl (C=O) groups is 5. The van der Waals surface area contributed by atoms with Gasteiger partial charge in [-0.1, -0.05) is 0 Å². The largest absolute Gasteiger partial charge is 0.480 e. The molecule has 1 aliphatic heterocycles. The van der Waals surface area contributed by atoms with Gasteiger partial charge < -0.3 is 32.1 Å². The molecule has 0 aliphatic carbocycles. The lowest BCUT2D eigenvalue weighted by Crippen LogP contribution is -2.56. The molecule has 158 valence electrons. The lowest BCUT2D eigenvalue weighted by atomic mass is 10.1. The van der Waals surface area contributed by atoms with Crippen LogP contribution >= 0.6 is 12.6 Å². The fraction of sp³-hybridized carbons (Fsp3) is 0.688. The van der Waals surface area contributed by atoms with Gasteiger partial charge in [-0.2, -0.15) is 12.6 Å². The van der Waals surface area contributed by atoms with E-state index in [0.717, 1.165) is 0 Å². The van der Waals surface area contributed by atoms with E-state index in [0.29, 0.717) is 12.8 Å². The van der Waals surface area contributed by atoms with Crippen molar-refractivity contribution in [1.29, 1.82) is 0 Å². The van der Waals surface area contributed by atoms with Crippen LogP contribution in [-0.2, 0) is 24.0 Å². The number of hydrogen-bond donors (Lipinski definition) is 6. The number of carbonyl (C=O) groups excluding carboxylic acids is 4. The standard InChI is InChI=1S/C16H27N5O6S/c1-8(17)13(23)19-9(4-5-12(18)22)15(25)21-6-2-3-11(21)14(24)20-10(7-28)16(26)27/h8-11,28H,2-7,17H2,1H3,(H2,18,22)(H,19,23)(H,20,24)(H,26,27). The summed E-state index contributed by atoms with van der Waals surface area (Å²) in [6.07, 6.45) is 0.708. The first-order valence-electron chi connectivity index (χ1n) is 8.87. The molecule has 1 rings (SSSR count). The molecule has 1 fully saturated rings. The SMILES string of the molecule is CC(N)C(=O)NC(CCC(N)=O)C(=O)N1CCCC1C(=O)NC(CS)C(=O)O. The molecule has 0 radical (unpaired) electrons. The van der Waals surface area contributed by atoms with E-state index in [1.807, 2.05) is 0 Å². The smallest absolute Gasteiger partial charge is 0.327 e. The van der Waals surface area contributed by atoms with Crippen molar-refractivity contribution >= 4 is 42.2 Å². The van der Waals surface area contributed by atoms with Crippen LogP contribution < -0.4 is 22.1 Å². The van der Waals surface area contributed by atoms with Crippen LogP contribution in [0.25, 0.3) is 0 Å². The number of aliphatic carboxylic acids is 1. The number of likely N-dealkylation sites (tertiary alicyclic amines) is 1. The first-order chi connectivity index (χ1) is 13.1. The molecule has 4 amide bonds. The lowest BCUT2D eigenvalue weighted by molar-refractivity contribution is -0.144. The van der Waals surface area contributed by atoms with Crippen molar-refractivity contribution < 1.29 is 29.1 Å². The Morgan fingerprint density at radius 1 is 1.21 bits per heavy atom. The van der Waals surface area contributed by atoms with Crippen LogP contribution in [0.1, 0.15) is 32.6 Å². The number of rotatable bonds is 10. The zero-order valence-electron chi connectivity index (χ0n) is 15.6. The van der Waals surface area contributed by atoms with Crippen LogP contribution in [-0.4, -0.2) is 76.1 Å². The molecule has 0 aromatic rings. The average Bonchev–Trinajstić information content (AvgIpc) is 3.11. The molecule has 1 heterocycles. The van der Waals surface area contributed by atoms with E-state index >= 15 is 0 Å². The predicted octanol–water partition coefficient (Wildman–Crippen LogP) is -2.43. The highest BCUT2D eigenvalue weighted by molar-refractivity contribution is 7.80. The Morgan fingerprint density at radius 2 is 1.86 bits per heavy atom. The normalized spacial score (nSPS) is 19.4. The third kappa shape index (κ3) is 6.68. The molecule has 1 saturated heterocycles. The fourth-order valence-electron chi connectivity index (χ4n) is 2.80. The van der Waals surface area contributed by atoms with Gasteiger partial charge in [0.25, 0.3) is 0 Å². The second kappa shape index (κ2) is 10.9. The van der Waals surface area contributed by atoms with Crippen LogP contribution in [0.15, 0.2) is 0 Å². The molecule has 12 heteroatoms. The van der Waals surface area contributed by atoms with E-state index in [1.165, 1.54) is 11.8 Å². The minimum absolute atomic E-state index is 0.0359. The molecule has 4 atom stereocenters. The van der Waals surface area contributed by atoms with E-state index in [-0.39, 0.29) is 25.1 Å². The Morgan fingerprint density at radius 3 is 2.36 bits per heavy atom. The fourth-order valence-corrected chi connectivity index (χ4v) is 3.05. The van der Waals surface area contributed by atoms with Crippen LogP contribution in [0.2, 0.25) is 0 Å². The first kappa shape index (κ1) is 23.7. The van der Waals surface area contributed by atoms with Crippen molar-refractivity contribution in [2.24, 2.45) is 11.5 Å². The van der Waals surface area contributed by atoms with Crippen LogP contribution in [0, 0.1) is 0 Å². The second-order valence-corrected chi connectivity index (χ2v) is 6.99. The van der Waals surface area contributed by atoms with E-state index in [2.05, 4.69) is 23.3 Å². The predicted molar refractivity (Wildman–Crippen MR) is 102 cm³/mol. The summed E-state index contributed by atoms with van der Waals surface area (Å²) < 4.78 is 0. The molecule has 1 aliphatic rings. The monoisotopic (exact) mass is 417 g/mol. The van der Waals surface area contributed by atoms with Gasteiger partial charge in [0.1, 0.15) is 18.1 Å². The van der Waals surface area contributed by atoms with E-state index < -0.39 is 53.8 Å². The summed E-state index contributed by atoms with van der Waals surface area (Å²) >= 11 is 3.89. The number of nitrogens with zero attached hydrogens (tertiary/aromatic N) is 1. The number of carboxylic acid groups (broad SMARTS) is 1. The molecule has 4 unspecified atom stereocenters. The highest BCUT2D eigenvalue weighted by Gasteiger charge is 2.38. The third-order valence-electron chi connectivity index (χ3n) is 4.34. The highest BCUT2D eigenvalue weighted by Crippen LogP contribution is 2.20. The van der Waals surface area contributed by atoms with E-state index in [4.69, 9.17) is 16.6 Å². The van der Waals surface area contributed by atoms with Crippen molar-refractivity contribution in [2.45, 2.75) is 56.8 Å². The van der Waals surface area contributed by atoms with Gasteiger partial charge in [-0.3, -0.25) is 19.2 Å². The summed E-state index contributed by atoms with van der Waals surface area (Å²) in [5.74, 6) is -3.72. The highest BCUT2D eigenvalue weighted by atomic mass is 32.1. The zero-order chi connectivity index (χ0) is 21.4. The van der Waals surface area contributed by atoms with Crippen molar-refractivity contribution in [3.63, 3.8) is 0 Å². The van der Waals surface area contributed by atoms with Crippen molar-refractivity contribution in [2.75, 3.05) is 12.3 Å². The number of carboxylic acids is 1. The van der Waals surface area contributed by atoms with Crippen molar-refractivity contribution in [1.82, 2.24) is 15.5 Å². The van der Waals surface area contributed by atoms with Crippen LogP contribution in [0.4, 0.5) is 0 Å². The number of nitrogens with one attached hydrogen (secondary N) is 2. The minimum atomic E-state index is -1.23. The van der Waals surface area contributed by atoms with Gasteiger partial charge in [-0.25, -0.2) is 4.79 Å². The number of nitrogens with two attached hydrogens (primary N) is 2. The molecule has 0 spiro atoms. The molecule has 7 N–H and O–H groups in total. The van der Waals surface area contributed by atoms with Crippen LogP contribution in [0.3, 0.4) is 0 Å². The van der Waals surface area contributed by atoms with Gasteiger partial charge in [0, 0.05) is 18.7 Å². The van der Waals surface area contributed by atoms with E-state index in [9.17, 15) is 24.0 Å². The number of hydrogen-bond acceptors (Lipinski definition) is 7. The Balaban J connectivity index is 2.92. The quantitative estimate of drug-likeness (QED) is 0.213. The van der Waals surface area contributed by atoms with Crippen LogP contribution in [0.5, 0.6) is 0 Å². The molecule has 0 bridgehead atoms. The molecule has 0 saturated carbocycles. The lowest BCUT2D eigenvalue weighted by Gasteiger charge is -2.29. The molecule has 28 heavy (non-hydrogen) atoms. The summed E-state index contributed by atoms with van der Waals surface area (Å²) in [7, 11) is 0. The Kier molecular flexibility index (Phi) is 9.19. The number of primary amides is 1.